The molecule has 1 fully saturated rings. The van der Waals surface area contributed by atoms with Gasteiger partial charge < -0.3 is 15.2 Å². The third kappa shape index (κ3) is 2.86. The fraction of sp³-hybridized carbons (Fsp3) is 0.429. The Kier molecular flexibility index (Phi) is 4.06. The van der Waals surface area contributed by atoms with Crippen LogP contribution >= 0.6 is 0 Å². The Balaban J connectivity index is 1.54. The highest BCUT2D eigenvalue weighted by Gasteiger charge is 2.30. The molecule has 4 aromatic heterocycles. The van der Waals surface area contributed by atoms with Crippen molar-refractivity contribution in [2.45, 2.75) is 51.7 Å². The predicted octanol–water partition coefficient (Wildman–Crippen LogP) is 2.96. The van der Waals surface area contributed by atoms with Crippen molar-refractivity contribution in [2.24, 2.45) is 5.73 Å². The third-order valence-electron chi connectivity index (χ3n) is 5.97. The van der Waals surface area contributed by atoms with Crippen molar-refractivity contribution in [2.75, 3.05) is 11.9 Å². The lowest BCUT2D eigenvalue weighted by Crippen LogP contribution is -2.49. The second-order valence-corrected chi connectivity index (χ2v) is 8.30. The number of imidazole rings is 1. The third-order valence-corrected chi connectivity index (χ3v) is 5.97. The van der Waals surface area contributed by atoms with E-state index in [1.807, 2.05) is 37.1 Å². The molecule has 1 aliphatic rings. The normalized spacial score (nSPS) is 19.2. The number of nitrogens with zero attached hydrogens (tertiary/aromatic N) is 7. The topological polar surface area (TPSA) is 90.2 Å². The Hall–Kier alpha value is -3.00. The van der Waals surface area contributed by atoms with Crippen LogP contribution in [0.15, 0.2) is 30.7 Å². The average Bonchev–Trinajstić information content (AvgIpc) is 3.23. The van der Waals surface area contributed by atoms with Crippen molar-refractivity contribution in [3.63, 3.8) is 0 Å². The maximum atomic E-state index is 5.93. The number of anilines is 1. The van der Waals surface area contributed by atoms with Gasteiger partial charge >= 0.3 is 0 Å². The van der Waals surface area contributed by atoms with Crippen LogP contribution in [0, 0.1) is 6.92 Å². The van der Waals surface area contributed by atoms with E-state index in [1.165, 1.54) is 0 Å². The molecule has 8 heteroatoms. The van der Waals surface area contributed by atoms with Crippen molar-refractivity contribution < 1.29 is 0 Å². The Morgan fingerprint density at radius 3 is 2.69 bits per heavy atom. The molecule has 0 amide bonds. The van der Waals surface area contributed by atoms with Crippen LogP contribution in [0.25, 0.3) is 27.8 Å². The number of fused-ring (bicyclic) bond motifs is 2. The zero-order chi connectivity index (χ0) is 20.3. The molecule has 0 bridgehead atoms. The van der Waals surface area contributed by atoms with Gasteiger partial charge in [-0.1, -0.05) is 0 Å². The SMILES string of the molecule is Cc1nc2ncc(-c3ccn4nc(N(C)C5CC(N)C5)ncc34)cc2n1C(C)C. The van der Waals surface area contributed by atoms with Gasteiger partial charge in [-0.15, -0.1) is 5.10 Å². The van der Waals surface area contributed by atoms with E-state index in [0.29, 0.717) is 18.1 Å². The molecule has 1 aliphatic carbocycles. The van der Waals surface area contributed by atoms with Gasteiger partial charge in [-0.25, -0.2) is 19.5 Å². The van der Waals surface area contributed by atoms with Gasteiger partial charge in [0.15, 0.2) is 5.65 Å². The van der Waals surface area contributed by atoms with Gasteiger partial charge in [0.05, 0.1) is 17.2 Å². The number of aromatic nitrogens is 6. The zero-order valence-corrected chi connectivity index (χ0v) is 17.2. The molecule has 150 valence electrons. The number of pyridine rings is 1. The largest absolute Gasteiger partial charge is 0.340 e. The van der Waals surface area contributed by atoms with Crippen molar-refractivity contribution >= 4 is 22.6 Å². The molecule has 5 rings (SSSR count). The molecule has 4 heterocycles. The number of nitrogens with two attached hydrogens (primary N) is 1. The first-order valence-corrected chi connectivity index (χ1v) is 10.1. The van der Waals surface area contributed by atoms with E-state index in [2.05, 4.69) is 50.4 Å². The van der Waals surface area contributed by atoms with Gasteiger partial charge in [0.2, 0.25) is 5.95 Å². The quantitative estimate of drug-likeness (QED) is 0.576. The number of hydrogen-bond acceptors (Lipinski definition) is 6. The van der Waals surface area contributed by atoms with Gasteiger partial charge in [0.1, 0.15) is 5.82 Å². The predicted molar refractivity (Wildman–Crippen MR) is 114 cm³/mol. The molecule has 1 saturated carbocycles. The Morgan fingerprint density at radius 1 is 1.17 bits per heavy atom. The molecule has 0 aromatic carbocycles. The molecule has 8 nitrogen and oxygen atoms in total. The van der Waals surface area contributed by atoms with Crippen LogP contribution in [-0.4, -0.2) is 48.3 Å². The monoisotopic (exact) mass is 390 g/mol. The van der Waals surface area contributed by atoms with Crippen LogP contribution in [0.5, 0.6) is 0 Å². The summed E-state index contributed by atoms with van der Waals surface area (Å²) in [6.45, 7) is 6.35. The lowest BCUT2D eigenvalue weighted by Gasteiger charge is -2.39. The molecule has 29 heavy (non-hydrogen) atoms. The molecular weight excluding hydrogens is 364 g/mol. The first-order valence-electron chi connectivity index (χ1n) is 10.1. The highest BCUT2D eigenvalue weighted by Crippen LogP contribution is 2.30. The van der Waals surface area contributed by atoms with Crippen LogP contribution in [0.2, 0.25) is 0 Å². The minimum atomic E-state index is 0.301. The minimum absolute atomic E-state index is 0.301. The van der Waals surface area contributed by atoms with Crippen LogP contribution in [0.4, 0.5) is 5.95 Å². The summed E-state index contributed by atoms with van der Waals surface area (Å²) in [6, 6.07) is 5.27. The summed E-state index contributed by atoms with van der Waals surface area (Å²) in [5.74, 6) is 1.70. The lowest BCUT2D eigenvalue weighted by molar-refractivity contribution is 0.336. The lowest BCUT2D eigenvalue weighted by atomic mass is 9.87. The summed E-state index contributed by atoms with van der Waals surface area (Å²) in [5.41, 5.74) is 10.8. The van der Waals surface area contributed by atoms with Crippen molar-refractivity contribution in [3.05, 3.63) is 36.5 Å². The highest BCUT2D eigenvalue weighted by molar-refractivity contribution is 5.85. The van der Waals surface area contributed by atoms with E-state index in [1.54, 1.807) is 0 Å². The standard InChI is InChI=1S/C21H26N8/c1-12(2)29-13(3)25-20-18(29)7-14(10-23-20)17-5-6-28-19(17)11-24-21(26-28)27(4)16-8-15(22)9-16/h5-7,10-12,15-16H,8-9,22H2,1-4H3. The molecule has 0 saturated heterocycles. The molecule has 0 unspecified atom stereocenters. The maximum Gasteiger partial charge on any atom is 0.243 e. The smallest absolute Gasteiger partial charge is 0.243 e. The fourth-order valence-electron chi connectivity index (χ4n) is 4.30. The Labute approximate surface area is 169 Å². The minimum Gasteiger partial charge on any atom is -0.340 e. The van der Waals surface area contributed by atoms with E-state index in [-0.39, 0.29) is 0 Å². The number of aryl methyl sites for hydroxylation is 1. The highest BCUT2D eigenvalue weighted by atomic mass is 15.4. The second-order valence-electron chi connectivity index (χ2n) is 8.30. The first kappa shape index (κ1) is 18.1. The van der Waals surface area contributed by atoms with Crippen molar-refractivity contribution in [3.8, 4) is 11.1 Å². The molecule has 2 N–H and O–H groups in total. The fourth-order valence-corrected chi connectivity index (χ4v) is 4.30. The van der Waals surface area contributed by atoms with E-state index in [9.17, 15) is 0 Å². The average molecular weight is 390 g/mol. The van der Waals surface area contributed by atoms with Crippen LogP contribution in [0.1, 0.15) is 38.6 Å². The second kappa shape index (κ2) is 6.52. The zero-order valence-electron chi connectivity index (χ0n) is 17.2. The van der Waals surface area contributed by atoms with E-state index >= 15 is 0 Å². The van der Waals surface area contributed by atoms with Crippen LogP contribution in [0.3, 0.4) is 0 Å². The van der Waals surface area contributed by atoms with E-state index in [4.69, 9.17) is 10.8 Å². The van der Waals surface area contributed by atoms with Crippen molar-refractivity contribution in [1.29, 1.82) is 0 Å². The van der Waals surface area contributed by atoms with Crippen molar-refractivity contribution in [1.82, 2.24) is 29.1 Å². The molecular formula is C21H26N8. The Bertz CT molecular complexity index is 1200. The Morgan fingerprint density at radius 2 is 1.97 bits per heavy atom. The number of hydrogen-bond donors (Lipinski definition) is 1. The van der Waals surface area contributed by atoms with Gasteiger partial charge in [0.25, 0.3) is 0 Å². The summed E-state index contributed by atoms with van der Waals surface area (Å²) in [5, 5.41) is 4.71. The van der Waals surface area contributed by atoms with Crippen LogP contribution in [-0.2, 0) is 0 Å². The summed E-state index contributed by atoms with van der Waals surface area (Å²) in [4.78, 5) is 15.9. The van der Waals surface area contributed by atoms with E-state index < -0.39 is 0 Å². The summed E-state index contributed by atoms with van der Waals surface area (Å²) in [6.07, 6.45) is 7.73. The van der Waals surface area contributed by atoms with Gasteiger partial charge in [-0.2, -0.15) is 0 Å². The molecule has 0 atom stereocenters. The van der Waals surface area contributed by atoms with Gasteiger partial charge in [0, 0.05) is 48.7 Å². The molecule has 0 spiro atoms. The molecule has 4 aromatic rings. The summed E-state index contributed by atoms with van der Waals surface area (Å²) in [7, 11) is 2.04. The van der Waals surface area contributed by atoms with Gasteiger partial charge in [-0.05, 0) is 45.7 Å². The summed E-state index contributed by atoms with van der Waals surface area (Å²) < 4.78 is 4.11. The maximum absolute atomic E-state index is 5.93. The van der Waals surface area contributed by atoms with Crippen LogP contribution < -0.4 is 10.6 Å². The first-order chi connectivity index (χ1) is 13.9. The number of rotatable bonds is 4. The molecule has 0 aliphatic heterocycles. The summed E-state index contributed by atoms with van der Waals surface area (Å²) >= 11 is 0. The van der Waals surface area contributed by atoms with E-state index in [0.717, 1.165) is 52.4 Å². The van der Waals surface area contributed by atoms with Gasteiger partial charge in [-0.3, -0.25) is 0 Å². The molecule has 0 radical (unpaired) electrons.